The molecule has 0 aromatic rings. The van der Waals surface area contributed by atoms with E-state index in [2.05, 4.69) is 4.74 Å². The van der Waals surface area contributed by atoms with Crippen molar-refractivity contribution in [2.24, 2.45) is 5.92 Å². The second kappa shape index (κ2) is 6.44. The standard InChI is InChI=1S/C8H11BF3O2.K/c1-2-14-8(13)5-7(6-3-4-6)9(10,11)12;/h5-6H,2-4H2,1H3;/q-1;+1/b7-5+;. The zero-order valence-corrected chi connectivity index (χ0v) is 11.9. The Labute approximate surface area is 129 Å². The topological polar surface area (TPSA) is 26.3 Å². The fraction of sp³-hybridized carbons (Fsp3) is 0.625. The molecule has 0 bridgehead atoms. The zero-order valence-electron chi connectivity index (χ0n) is 8.80. The van der Waals surface area contributed by atoms with Crippen LogP contribution in [0.25, 0.3) is 0 Å². The Balaban J connectivity index is 0.00000196. The molecule has 2 nitrogen and oxygen atoms in total. The van der Waals surface area contributed by atoms with Crippen LogP contribution >= 0.6 is 0 Å². The van der Waals surface area contributed by atoms with E-state index in [4.69, 9.17) is 0 Å². The number of rotatable bonds is 4. The van der Waals surface area contributed by atoms with Gasteiger partial charge in [0, 0.05) is 0 Å². The van der Waals surface area contributed by atoms with Crippen molar-refractivity contribution in [3.63, 3.8) is 0 Å². The van der Waals surface area contributed by atoms with Crippen LogP contribution in [-0.4, -0.2) is 19.6 Å². The average molecular weight is 246 g/mol. The number of hydrogen-bond acceptors (Lipinski definition) is 2. The fourth-order valence-electron chi connectivity index (χ4n) is 1.22. The summed E-state index contributed by atoms with van der Waals surface area (Å²) in [7, 11) is 0. The number of esters is 1. The minimum Gasteiger partial charge on any atom is -0.463 e. The molecule has 80 valence electrons. The van der Waals surface area contributed by atoms with Gasteiger partial charge in [0.1, 0.15) is 0 Å². The van der Waals surface area contributed by atoms with Gasteiger partial charge < -0.3 is 17.7 Å². The van der Waals surface area contributed by atoms with E-state index in [1.165, 1.54) is 0 Å². The maximum absolute atomic E-state index is 12.4. The summed E-state index contributed by atoms with van der Waals surface area (Å²) in [4.78, 5) is 10.8. The molecule has 1 rings (SSSR count). The molecule has 0 aromatic heterocycles. The number of carbonyl (C=O) groups is 1. The van der Waals surface area contributed by atoms with Crippen LogP contribution < -0.4 is 51.4 Å². The van der Waals surface area contributed by atoms with E-state index in [9.17, 15) is 17.7 Å². The number of hydrogen-bond donors (Lipinski definition) is 0. The van der Waals surface area contributed by atoms with Crippen molar-refractivity contribution < 1.29 is 73.9 Å². The summed E-state index contributed by atoms with van der Waals surface area (Å²) in [6.07, 6.45) is 1.64. The molecule has 0 aliphatic heterocycles. The molecule has 0 aromatic carbocycles. The van der Waals surface area contributed by atoms with Gasteiger partial charge in [-0.1, -0.05) is 0 Å². The first kappa shape index (κ1) is 15.7. The summed E-state index contributed by atoms with van der Waals surface area (Å²) in [5.74, 6) is -1.37. The van der Waals surface area contributed by atoms with E-state index in [1.54, 1.807) is 6.92 Å². The molecular weight excluding hydrogens is 235 g/mol. The molecule has 1 fully saturated rings. The maximum Gasteiger partial charge on any atom is 1.00 e. The Morgan fingerprint density at radius 3 is 2.33 bits per heavy atom. The molecular formula is C8H11BF3KO2. The van der Waals surface area contributed by atoms with Gasteiger partial charge in [-0.15, -0.1) is 5.47 Å². The van der Waals surface area contributed by atoms with Crippen LogP contribution in [0.5, 0.6) is 0 Å². The van der Waals surface area contributed by atoms with E-state index in [-0.39, 0.29) is 58.0 Å². The smallest absolute Gasteiger partial charge is 0.463 e. The third-order valence-corrected chi connectivity index (χ3v) is 2.00. The summed E-state index contributed by atoms with van der Waals surface area (Å²) < 4.78 is 41.6. The maximum atomic E-state index is 12.4. The largest absolute Gasteiger partial charge is 1.00 e. The molecule has 0 saturated heterocycles. The van der Waals surface area contributed by atoms with Crippen LogP contribution in [0.2, 0.25) is 0 Å². The fourth-order valence-corrected chi connectivity index (χ4v) is 1.22. The predicted octanol–water partition coefficient (Wildman–Crippen LogP) is -0.723. The van der Waals surface area contributed by atoms with Gasteiger partial charge in [-0.3, -0.25) is 0 Å². The van der Waals surface area contributed by atoms with Crippen LogP contribution in [0.1, 0.15) is 19.8 Å². The van der Waals surface area contributed by atoms with E-state index >= 15 is 0 Å². The summed E-state index contributed by atoms with van der Waals surface area (Å²) in [6.45, 7) is -3.39. The quantitative estimate of drug-likeness (QED) is 0.371. The third-order valence-electron chi connectivity index (χ3n) is 2.00. The van der Waals surface area contributed by atoms with Gasteiger partial charge in [-0.05, 0) is 31.8 Å². The Hall–Kier alpha value is 0.701. The van der Waals surface area contributed by atoms with Crippen molar-refractivity contribution in [1.82, 2.24) is 0 Å². The molecule has 0 radical (unpaired) electrons. The van der Waals surface area contributed by atoms with Crippen LogP contribution in [0.3, 0.4) is 0 Å². The van der Waals surface area contributed by atoms with Crippen LogP contribution in [0.15, 0.2) is 11.5 Å². The van der Waals surface area contributed by atoms with E-state index in [1.807, 2.05) is 0 Å². The predicted molar refractivity (Wildman–Crippen MR) is 46.5 cm³/mol. The first-order valence-corrected chi connectivity index (χ1v) is 4.53. The number of carbonyl (C=O) groups excluding carboxylic acids is 1. The minimum atomic E-state index is -5.04. The van der Waals surface area contributed by atoms with E-state index < -0.39 is 24.3 Å². The molecule has 1 aliphatic carbocycles. The van der Waals surface area contributed by atoms with Crippen molar-refractivity contribution in [3.8, 4) is 0 Å². The minimum absolute atomic E-state index is 0. The van der Waals surface area contributed by atoms with Gasteiger partial charge in [0.2, 0.25) is 0 Å². The molecule has 0 unspecified atom stereocenters. The number of allylic oxidation sites excluding steroid dienone is 1. The van der Waals surface area contributed by atoms with E-state index in [0.717, 1.165) is 0 Å². The molecule has 15 heavy (non-hydrogen) atoms. The second-order valence-electron chi connectivity index (χ2n) is 3.25. The Bertz CT molecular complexity index is 261. The molecule has 0 heterocycles. The summed E-state index contributed by atoms with van der Waals surface area (Å²) in [5, 5.41) is 0. The molecule has 0 spiro atoms. The molecule has 1 saturated carbocycles. The summed E-state index contributed by atoms with van der Waals surface area (Å²) in [5.41, 5.74) is -0.691. The number of halogens is 3. The normalized spacial score (nSPS) is 16.9. The van der Waals surface area contributed by atoms with Crippen LogP contribution in [-0.2, 0) is 9.53 Å². The Morgan fingerprint density at radius 2 is 2.00 bits per heavy atom. The summed E-state index contributed by atoms with van der Waals surface area (Å²) >= 11 is 0. The van der Waals surface area contributed by atoms with Crippen LogP contribution in [0, 0.1) is 5.92 Å². The molecule has 0 amide bonds. The van der Waals surface area contributed by atoms with Crippen molar-refractivity contribution >= 4 is 12.9 Å². The van der Waals surface area contributed by atoms with Crippen molar-refractivity contribution in [1.29, 1.82) is 0 Å². The SMILES string of the molecule is CCOC(=O)/C=C(\C1CC1)[B-](F)(F)F.[K+]. The Kier molecular flexibility index (Phi) is 6.74. The van der Waals surface area contributed by atoms with Gasteiger partial charge in [0.25, 0.3) is 0 Å². The van der Waals surface area contributed by atoms with Crippen LogP contribution in [0.4, 0.5) is 12.9 Å². The van der Waals surface area contributed by atoms with Gasteiger partial charge in [-0.2, -0.15) is 0 Å². The van der Waals surface area contributed by atoms with Gasteiger partial charge in [0.15, 0.2) is 0 Å². The molecule has 0 atom stereocenters. The third kappa shape index (κ3) is 5.53. The zero-order chi connectivity index (χ0) is 10.8. The van der Waals surface area contributed by atoms with Crippen molar-refractivity contribution in [2.75, 3.05) is 6.61 Å². The second-order valence-corrected chi connectivity index (χ2v) is 3.25. The first-order valence-electron chi connectivity index (χ1n) is 4.53. The molecule has 7 heteroatoms. The number of ether oxygens (including phenoxy) is 1. The van der Waals surface area contributed by atoms with Gasteiger partial charge in [-0.25, -0.2) is 4.79 Å². The van der Waals surface area contributed by atoms with Gasteiger partial charge >= 0.3 is 64.3 Å². The van der Waals surface area contributed by atoms with Crippen molar-refractivity contribution in [3.05, 3.63) is 11.5 Å². The van der Waals surface area contributed by atoms with Gasteiger partial charge in [0.05, 0.1) is 6.61 Å². The summed E-state index contributed by atoms with van der Waals surface area (Å²) in [6, 6.07) is 0. The van der Waals surface area contributed by atoms with E-state index in [0.29, 0.717) is 18.9 Å². The average Bonchev–Trinajstić information content (AvgIpc) is 2.81. The monoisotopic (exact) mass is 246 g/mol. The van der Waals surface area contributed by atoms with Crippen molar-refractivity contribution in [2.45, 2.75) is 19.8 Å². The first-order chi connectivity index (χ1) is 6.45. The molecule has 1 aliphatic rings. The Morgan fingerprint density at radius 1 is 1.47 bits per heavy atom. The molecule has 0 N–H and O–H groups in total.